The molecule has 0 aromatic heterocycles. The second-order valence-electron chi connectivity index (χ2n) is 4.31. The lowest BCUT2D eigenvalue weighted by atomic mass is 9.81. The van der Waals surface area contributed by atoms with Crippen molar-refractivity contribution in [3.05, 3.63) is 71.8 Å². The van der Waals surface area contributed by atoms with Crippen molar-refractivity contribution in [2.75, 3.05) is 7.04 Å². The van der Waals surface area contributed by atoms with Crippen molar-refractivity contribution in [1.29, 1.82) is 0 Å². The minimum atomic E-state index is -2.91. The summed E-state index contributed by atoms with van der Waals surface area (Å²) in [6, 6.07) is 15.9. The van der Waals surface area contributed by atoms with E-state index < -0.39 is 24.7 Å². The van der Waals surface area contributed by atoms with Crippen LogP contribution in [0, 0.1) is 0 Å². The summed E-state index contributed by atoms with van der Waals surface area (Å²) in [5, 5.41) is 19.7. The van der Waals surface area contributed by atoms with Gasteiger partial charge in [-0.3, -0.25) is 0 Å². The first-order valence-corrected chi connectivity index (χ1v) is 5.99. The number of carboxylic acid groups (broad SMARTS) is 1. The van der Waals surface area contributed by atoms with Crippen molar-refractivity contribution >= 4 is 5.97 Å². The average molecular weight is 275 g/mol. The molecule has 0 radical (unpaired) electrons. The highest BCUT2D eigenvalue weighted by atomic mass is 16.5. The summed E-state index contributed by atoms with van der Waals surface area (Å²) in [5.74, 6) is -1.58. The summed E-state index contributed by atoms with van der Waals surface area (Å²) in [5.41, 5.74) is -1.59. The number of hydrogen-bond acceptors (Lipinski definition) is 3. The van der Waals surface area contributed by atoms with E-state index in [-0.39, 0.29) is 11.1 Å². The fourth-order valence-electron chi connectivity index (χ4n) is 2.20. The molecule has 2 rings (SSSR count). The molecule has 0 amide bonds. The number of hydrogen-bond donors (Lipinski definition) is 2. The number of ether oxygens (including phenoxy) is 1. The molecule has 4 heteroatoms. The van der Waals surface area contributed by atoms with Gasteiger partial charge in [0.2, 0.25) is 0 Å². The molecule has 0 saturated carbocycles. The quantitative estimate of drug-likeness (QED) is 0.876. The molecule has 2 aromatic rings. The molecule has 20 heavy (non-hydrogen) atoms. The van der Waals surface area contributed by atoms with E-state index in [1.54, 1.807) is 36.4 Å². The number of benzene rings is 2. The van der Waals surface area contributed by atoms with Gasteiger partial charge in [0.25, 0.3) is 0 Å². The summed E-state index contributed by atoms with van der Waals surface area (Å²) >= 11 is 0. The highest BCUT2D eigenvalue weighted by Crippen LogP contribution is 2.36. The Bertz CT molecular complexity index is 617. The van der Waals surface area contributed by atoms with Crippen LogP contribution in [0.5, 0.6) is 0 Å². The molecule has 0 unspecified atom stereocenters. The molecule has 0 bridgehead atoms. The molecular formula is C16H16O4. The van der Waals surface area contributed by atoms with E-state index in [1.165, 1.54) is 24.3 Å². The van der Waals surface area contributed by atoms with Crippen molar-refractivity contribution < 1.29 is 23.9 Å². The molecule has 0 fully saturated rings. The molecule has 104 valence electrons. The first-order valence-electron chi connectivity index (χ1n) is 7.49. The minimum absolute atomic E-state index is 0.234. The monoisotopic (exact) mass is 275 g/mol. The Labute approximate surface area is 121 Å². The minimum Gasteiger partial charge on any atom is -0.479 e. The zero-order chi connectivity index (χ0) is 17.1. The number of aliphatic carboxylic acids is 1. The van der Waals surface area contributed by atoms with Crippen LogP contribution in [0.1, 0.15) is 15.2 Å². The van der Waals surface area contributed by atoms with Gasteiger partial charge >= 0.3 is 5.97 Å². The Balaban J connectivity index is 2.76. The maximum Gasteiger partial charge on any atom is 0.336 e. The predicted molar refractivity (Wildman–Crippen MR) is 74.3 cm³/mol. The lowest BCUT2D eigenvalue weighted by Crippen LogP contribution is -2.47. The van der Waals surface area contributed by atoms with Gasteiger partial charge in [-0.1, -0.05) is 60.7 Å². The standard InChI is InChI=1S/C16H16O4/c1-20-16(14(17)15(18)19,12-8-4-2-5-9-12)13-10-6-3-7-11-13/h2-11,14,17H,1H3,(H,18,19)/t14-/m1/s1/i1D3. The zero-order valence-electron chi connectivity index (χ0n) is 13.6. The average Bonchev–Trinajstić information content (AvgIpc) is 2.52. The summed E-state index contributed by atoms with van der Waals surface area (Å²) in [7, 11) is -2.91. The fourth-order valence-corrected chi connectivity index (χ4v) is 2.20. The Hall–Kier alpha value is -2.17. The highest BCUT2D eigenvalue weighted by Gasteiger charge is 2.45. The number of carboxylic acids is 1. The zero-order valence-corrected chi connectivity index (χ0v) is 10.6. The maximum absolute atomic E-state index is 11.5. The van der Waals surface area contributed by atoms with E-state index in [2.05, 4.69) is 0 Å². The van der Waals surface area contributed by atoms with Crippen LogP contribution in [0.15, 0.2) is 60.7 Å². The largest absolute Gasteiger partial charge is 0.479 e. The molecule has 0 aliphatic rings. The van der Waals surface area contributed by atoms with Gasteiger partial charge in [-0.05, 0) is 11.1 Å². The van der Waals surface area contributed by atoms with Crippen molar-refractivity contribution in [3.63, 3.8) is 0 Å². The van der Waals surface area contributed by atoms with E-state index in [0.717, 1.165) is 0 Å². The number of aliphatic hydroxyl groups excluding tert-OH is 1. The number of aliphatic hydroxyl groups is 1. The Morgan fingerprint density at radius 2 is 1.55 bits per heavy atom. The van der Waals surface area contributed by atoms with E-state index in [1.807, 2.05) is 0 Å². The third kappa shape index (κ3) is 2.31. The SMILES string of the molecule is [2H]C([2H])([2H])OC(c1ccccc1)(c1ccccc1)[C@H](O)C(=O)O. The predicted octanol–water partition coefficient (Wildman–Crippen LogP) is 2.02. The number of carbonyl (C=O) groups is 1. The van der Waals surface area contributed by atoms with Crippen molar-refractivity contribution in [1.82, 2.24) is 0 Å². The molecule has 0 spiro atoms. The van der Waals surface area contributed by atoms with Gasteiger partial charge in [-0.25, -0.2) is 4.79 Å². The van der Waals surface area contributed by atoms with E-state index >= 15 is 0 Å². The van der Waals surface area contributed by atoms with E-state index in [4.69, 9.17) is 8.85 Å². The van der Waals surface area contributed by atoms with Gasteiger partial charge in [0, 0.05) is 7.04 Å². The van der Waals surface area contributed by atoms with Crippen LogP contribution in [-0.4, -0.2) is 29.3 Å². The van der Waals surface area contributed by atoms with Crippen LogP contribution in [0.3, 0.4) is 0 Å². The molecule has 2 aromatic carbocycles. The van der Waals surface area contributed by atoms with Crippen LogP contribution < -0.4 is 0 Å². The summed E-state index contributed by atoms with van der Waals surface area (Å²) < 4.78 is 27.5. The van der Waals surface area contributed by atoms with Gasteiger partial charge in [0.15, 0.2) is 11.7 Å². The summed E-state index contributed by atoms with van der Waals surface area (Å²) in [6.07, 6.45) is -2.10. The maximum atomic E-state index is 11.5. The molecular weight excluding hydrogens is 256 g/mol. The Morgan fingerprint density at radius 3 is 1.90 bits per heavy atom. The van der Waals surface area contributed by atoms with Crippen LogP contribution in [0.25, 0.3) is 0 Å². The molecule has 2 N–H and O–H groups in total. The second-order valence-corrected chi connectivity index (χ2v) is 4.31. The smallest absolute Gasteiger partial charge is 0.336 e. The molecule has 0 saturated heterocycles. The Morgan fingerprint density at radius 1 is 1.10 bits per heavy atom. The van der Waals surface area contributed by atoms with Gasteiger partial charge in [-0.2, -0.15) is 0 Å². The van der Waals surface area contributed by atoms with Crippen molar-refractivity contribution in [2.45, 2.75) is 11.7 Å². The summed E-state index contributed by atoms with van der Waals surface area (Å²) in [4.78, 5) is 11.5. The first-order chi connectivity index (χ1) is 10.8. The van der Waals surface area contributed by atoms with Gasteiger partial charge < -0.3 is 14.9 Å². The molecule has 0 aliphatic carbocycles. The summed E-state index contributed by atoms with van der Waals surface area (Å²) in [6.45, 7) is 0. The van der Waals surface area contributed by atoms with Gasteiger partial charge in [-0.15, -0.1) is 0 Å². The normalized spacial score (nSPS) is 15.8. The highest BCUT2D eigenvalue weighted by molar-refractivity contribution is 5.75. The molecule has 4 nitrogen and oxygen atoms in total. The fraction of sp³-hybridized carbons (Fsp3) is 0.188. The first kappa shape index (κ1) is 10.6. The van der Waals surface area contributed by atoms with Crippen LogP contribution in [-0.2, 0) is 15.1 Å². The van der Waals surface area contributed by atoms with Crippen molar-refractivity contribution in [3.8, 4) is 0 Å². The third-order valence-corrected chi connectivity index (χ3v) is 3.19. The van der Waals surface area contributed by atoms with Crippen LogP contribution >= 0.6 is 0 Å². The number of methoxy groups -OCH3 is 1. The molecule has 1 atom stereocenters. The lowest BCUT2D eigenvalue weighted by molar-refractivity contribution is -0.163. The third-order valence-electron chi connectivity index (χ3n) is 3.19. The topological polar surface area (TPSA) is 66.8 Å². The number of rotatable bonds is 5. The van der Waals surface area contributed by atoms with Gasteiger partial charge in [0.1, 0.15) is 0 Å². The van der Waals surface area contributed by atoms with Crippen LogP contribution in [0.2, 0.25) is 0 Å². The molecule has 0 aliphatic heterocycles. The van der Waals surface area contributed by atoms with E-state index in [9.17, 15) is 15.0 Å². The lowest BCUT2D eigenvalue weighted by Gasteiger charge is -2.35. The van der Waals surface area contributed by atoms with Gasteiger partial charge in [0.05, 0.1) is 4.11 Å². The van der Waals surface area contributed by atoms with Crippen molar-refractivity contribution in [2.24, 2.45) is 0 Å². The second kappa shape index (κ2) is 5.86. The molecule has 0 heterocycles. The Kier molecular flexibility index (Phi) is 3.10. The van der Waals surface area contributed by atoms with Crippen LogP contribution in [0.4, 0.5) is 0 Å². The van der Waals surface area contributed by atoms with E-state index in [0.29, 0.717) is 0 Å².